The maximum atomic E-state index is 12.6. The van der Waals surface area contributed by atoms with Crippen LogP contribution in [0.25, 0.3) is 6.08 Å². The maximum absolute atomic E-state index is 12.6. The number of piperidine rings is 1. The summed E-state index contributed by atoms with van der Waals surface area (Å²) in [7, 11) is 3.14. The molecule has 2 heterocycles. The first kappa shape index (κ1) is 17.8. The Morgan fingerprint density at radius 2 is 1.80 bits per heavy atom. The molecule has 2 amide bonds. The molecule has 0 radical (unpaired) electrons. The zero-order valence-corrected chi connectivity index (χ0v) is 15.3. The fourth-order valence-electron chi connectivity index (χ4n) is 3.02. The van der Waals surface area contributed by atoms with Gasteiger partial charge in [0.05, 0.1) is 25.8 Å². The van der Waals surface area contributed by atoms with Crippen LogP contribution in [0, 0.1) is 0 Å². The third kappa shape index (κ3) is 3.99. The van der Waals surface area contributed by atoms with Gasteiger partial charge in [-0.2, -0.15) is 0 Å². The molecule has 2 saturated heterocycles. The maximum Gasteiger partial charge on any atom is 0.294 e. The predicted molar refractivity (Wildman–Crippen MR) is 97.6 cm³/mol. The number of methoxy groups -OCH3 is 2. The molecule has 2 aliphatic rings. The molecule has 0 unspecified atom stereocenters. The molecule has 7 heteroatoms. The molecule has 1 aromatic carbocycles. The lowest BCUT2D eigenvalue weighted by Crippen LogP contribution is -2.42. The second-order valence-corrected chi connectivity index (χ2v) is 7.04. The summed E-state index contributed by atoms with van der Waals surface area (Å²) in [6.45, 7) is 2.26. The third-order valence-corrected chi connectivity index (χ3v) is 5.28. The van der Waals surface area contributed by atoms with Crippen LogP contribution in [-0.4, -0.2) is 54.9 Å². The normalized spacial score (nSPS) is 20.4. The number of carbonyl (C=O) groups is 2. The van der Waals surface area contributed by atoms with Crippen molar-refractivity contribution in [3.05, 3.63) is 28.7 Å². The van der Waals surface area contributed by atoms with E-state index < -0.39 is 0 Å². The highest BCUT2D eigenvalue weighted by atomic mass is 32.2. The van der Waals surface area contributed by atoms with E-state index in [2.05, 4.69) is 4.90 Å². The van der Waals surface area contributed by atoms with Crippen LogP contribution in [0.3, 0.4) is 0 Å². The van der Waals surface area contributed by atoms with Crippen LogP contribution < -0.4 is 9.47 Å². The van der Waals surface area contributed by atoms with Crippen molar-refractivity contribution >= 4 is 29.0 Å². The SMILES string of the molecule is COc1ccc(C=C2SC(=O)N(CN3CCCCC3)C2=O)cc1OC. The fraction of sp³-hybridized carbons (Fsp3) is 0.444. The Hall–Kier alpha value is -1.99. The summed E-state index contributed by atoms with van der Waals surface area (Å²) in [6, 6.07) is 5.40. The van der Waals surface area contributed by atoms with Gasteiger partial charge < -0.3 is 9.47 Å². The monoisotopic (exact) mass is 362 g/mol. The van der Waals surface area contributed by atoms with Gasteiger partial charge in [-0.15, -0.1) is 0 Å². The molecule has 0 aliphatic carbocycles. The van der Waals surface area contributed by atoms with Crippen molar-refractivity contribution in [2.75, 3.05) is 34.0 Å². The zero-order chi connectivity index (χ0) is 17.8. The van der Waals surface area contributed by atoms with E-state index in [1.165, 1.54) is 11.3 Å². The molecule has 0 aromatic heterocycles. The summed E-state index contributed by atoms with van der Waals surface area (Å²) in [5, 5.41) is -0.206. The standard InChI is InChI=1S/C18H22N2O4S/c1-23-14-7-6-13(10-15(14)24-2)11-16-17(21)20(18(22)25-16)12-19-8-4-3-5-9-19/h6-7,10-11H,3-5,8-9,12H2,1-2H3. The number of carbonyl (C=O) groups excluding carboxylic acids is 2. The largest absolute Gasteiger partial charge is 0.493 e. The van der Waals surface area contributed by atoms with Gasteiger partial charge >= 0.3 is 0 Å². The lowest BCUT2D eigenvalue weighted by molar-refractivity contribution is -0.124. The molecule has 1 aromatic rings. The van der Waals surface area contributed by atoms with Crippen molar-refractivity contribution in [3.63, 3.8) is 0 Å². The number of likely N-dealkylation sites (tertiary alicyclic amines) is 1. The molecule has 2 aliphatic heterocycles. The van der Waals surface area contributed by atoms with E-state index in [4.69, 9.17) is 9.47 Å². The number of benzene rings is 1. The summed E-state index contributed by atoms with van der Waals surface area (Å²) >= 11 is 0.988. The number of amides is 2. The summed E-state index contributed by atoms with van der Waals surface area (Å²) in [5.74, 6) is 0.983. The minimum Gasteiger partial charge on any atom is -0.493 e. The summed E-state index contributed by atoms with van der Waals surface area (Å²) in [4.78, 5) is 28.8. The second-order valence-electron chi connectivity index (χ2n) is 6.04. The van der Waals surface area contributed by atoms with Gasteiger partial charge in [-0.3, -0.25) is 19.4 Å². The first-order valence-corrected chi connectivity index (χ1v) is 9.14. The van der Waals surface area contributed by atoms with E-state index in [1.807, 2.05) is 6.07 Å². The molecule has 0 atom stereocenters. The van der Waals surface area contributed by atoms with Crippen LogP contribution in [0.2, 0.25) is 0 Å². The van der Waals surface area contributed by atoms with E-state index in [9.17, 15) is 9.59 Å². The molecule has 0 spiro atoms. The van der Waals surface area contributed by atoms with Crippen molar-refractivity contribution < 1.29 is 19.1 Å². The average Bonchev–Trinajstić information content (AvgIpc) is 2.90. The molecule has 3 rings (SSSR count). The van der Waals surface area contributed by atoms with Crippen molar-refractivity contribution in [2.24, 2.45) is 0 Å². The van der Waals surface area contributed by atoms with E-state index in [1.54, 1.807) is 32.4 Å². The molecule has 6 nitrogen and oxygen atoms in total. The third-order valence-electron chi connectivity index (χ3n) is 4.37. The van der Waals surface area contributed by atoms with Crippen LogP contribution in [0.4, 0.5) is 4.79 Å². The quantitative estimate of drug-likeness (QED) is 0.750. The van der Waals surface area contributed by atoms with Gasteiger partial charge in [0, 0.05) is 0 Å². The number of nitrogens with zero attached hydrogens (tertiary/aromatic N) is 2. The molecule has 134 valence electrons. The van der Waals surface area contributed by atoms with Crippen LogP contribution in [0.15, 0.2) is 23.1 Å². The molecule has 0 bridgehead atoms. The summed E-state index contributed by atoms with van der Waals surface area (Å²) < 4.78 is 10.5. The minimum atomic E-state index is -0.227. The van der Waals surface area contributed by atoms with Gasteiger partial charge in [0.2, 0.25) is 0 Å². The Labute approximate surface area is 151 Å². The average molecular weight is 362 g/mol. The van der Waals surface area contributed by atoms with Crippen LogP contribution >= 0.6 is 11.8 Å². The number of rotatable bonds is 5. The second kappa shape index (κ2) is 7.93. The number of imide groups is 1. The van der Waals surface area contributed by atoms with Crippen molar-refractivity contribution in [3.8, 4) is 11.5 Å². The highest BCUT2D eigenvalue weighted by Gasteiger charge is 2.36. The van der Waals surface area contributed by atoms with E-state index in [0.29, 0.717) is 23.1 Å². The first-order chi connectivity index (χ1) is 12.1. The number of hydrogen-bond acceptors (Lipinski definition) is 6. The van der Waals surface area contributed by atoms with E-state index in [-0.39, 0.29) is 11.1 Å². The molecule has 0 N–H and O–H groups in total. The number of ether oxygens (including phenoxy) is 2. The minimum absolute atomic E-state index is 0.206. The molecule has 2 fully saturated rings. The van der Waals surface area contributed by atoms with Gasteiger partial charge in [-0.25, -0.2) is 0 Å². The van der Waals surface area contributed by atoms with Crippen molar-refractivity contribution in [2.45, 2.75) is 19.3 Å². The first-order valence-electron chi connectivity index (χ1n) is 8.32. The molecule has 0 saturated carbocycles. The topological polar surface area (TPSA) is 59.1 Å². The zero-order valence-electron chi connectivity index (χ0n) is 14.5. The van der Waals surface area contributed by atoms with Crippen LogP contribution in [0.1, 0.15) is 24.8 Å². The Morgan fingerprint density at radius 1 is 1.08 bits per heavy atom. The summed E-state index contributed by atoms with van der Waals surface area (Å²) in [6.07, 6.45) is 5.19. The van der Waals surface area contributed by atoms with Crippen molar-refractivity contribution in [1.82, 2.24) is 9.80 Å². The lowest BCUT2D eigenvalue weighted by Gasteiger charge is -2.29. The number of hydrogen-bond donors (Lipinski definition) is 0. The highest BCUT2D eigenvalue weighted by Crippen LogP contribution is 2.34. The Kier molecular flexibility index (Phi) is 5.65. The van der Waals surface area contributed by atoms with E-state index in [0.717, 1.165) is 43.3 Å². The highest BCUT2D eigenvalue weighted by molar-refractivity contribution is 8.18. The van der Waals surface area contributed by atoms with Gasteiger partial charge in [0.25, 0.3) is 11.1 Å². The van der Waals surface area contributed by atoms with Gasteiger partial charge in [-0.05, 0) is 61.5 Å². The number of thioether (sulfide) groups is 1. The molecule has 25 heavy (non-hydrogen) atoms. The fourth-order valence-corrected chi connectivity index (χ4v) is 3.85. The molecular formula is C18H22N2O4S. The van der Waals surface area contributed by atoms with Crippen molar-refractivity contribution in [1.29, 1.82) is 0 Å². The Bertz CT molecular complexity index is 698. The van der Waals surface area contributed by atoms with E-state index >= 15 is 0 Å². The van der Waals surface area contributed by atoms with Crippen LogP contribution in [0.5, 0.6) is 11.5 Å². The lowest BCUT2D eigenvalue weighted by atomic mass is 10.1. The summed E-state index contributed by atoms with van der Waals surface area (Å²) in [5.41, 5.74) is 0.793. The van der Waals surface area contributed by atoms with Gasteiger partial charge in [0.15, 0.2) is 11.5 Å². The Morgan fingerprint density at radius 3 is 2.48 bits per heavy atom. The van der Waals surface area contributed by atoms with Crippen LogP contribution in [-0.2, 0) is 4.79 Å². The molecular weight excluding hydrogens is 340 g/mol. The van der Waals surface area contributed by atoms with Gasteiger partial charge in [0.1, 0.15) is 0 Å². The van der Waals surface area contributed by atoms with Gasteiger partial charge in [-0.1, -0.05) is 12.5 Å². The smallest absolute Gasteiger partial charge is 0.294 e. The Balaban J connectivity index is 1.75. The predicted octanol–water partition coefficient (Wildman–Crippen LogP) is 3.18.